The predicted octanol–water partition coefficient (Wildman–Crippen LogP) is 2.29. The second-order valence-electron chi connectivity index (χ2n) is 5.43. The molecule has 0 saturated carbocycles. The number of aliphatic hydroxyl groups excluding tert-OH is 1. The SMILES string of the molecule is CCNC(=NCC(O)c1ccc(Cl)s1)NCCC(=O)NC(C)CC. The normalized spacial score (nSPS) is 14.1. The molecule has 8 heteroatoms. The molecule has 0 aliphatic carbocycles. The van der Waals surface area contributed by atoms with Gasteiger partial charge in [0.1, 0.15) is 6.10 Å². The summed E-state index contributed by atoms with van der Waals surface area (Å²) in [7, 11) is 0. The molecular formula is C16H27ClN4O2S. The van der Waals surface area contributed by atoms with Crippen molar-refractivity contribution in [1.82, 2.24) is 16.0 Å². The van der Waals surface area contributed by atoms with Crippen molar-refractivity contribution >= 4 is 34.8 Å². The number of hydrogen-bond donors (Lipinski definition) is 4. The first-order valence-electron chi connectivity index (χ1n) is 8.21. The minimum Gasteiger partial charge on any atom is -0.386 e. The van der Waals surface area contributed by atoms with Crippen LogP contribution in [0, 0.1) is 0 Å². The standard InChI is InChI=1S/C16H27ClN4O2S/c1-4-11(3)21-15(23)8-9-19-16(18-5-2)20-10-12(22)13-6-7-14(17)24-13/h6-7,11-12,22H,4-5,8-10H2,1-3H3,(H,21,23)(H2,18,19,20). The number of aliphatic imine (C=N–C) groups is 1. The van der Waals surface area contributed by atoms with Gasteiger partial charge in [-0.2, -0.15) is 0 Å². The summed E-state index contributed by atoms with van der Waals surface area (Å²) in [6, 6.07) is 3.74. The van der Waals surface area contributed by atoms with Gasteiger partial charge in [-0.25, -0.2) is 0 Å². The topological polar surface area (TPSA) is 85.8 Å². The number of rotatable bonds is 9. The third-order valence-electron chi connectivity index (χ3n) is 3.35. The quantitative estimate of drug-likeness (QED) is 0.394. The number of thiophene rings is 1. The van der Waals surface area contributed by atoms with Gasteiger partial charge in [0, 0.05) is 30.4 Å². The maximum Gasteiger partial charge on any atom is 0.221 e. The molecule has 2 unspecified atom stereocenters. The van der Waals surface area contributed by atoms with E-state index in [-0.39, 0.29) is 18.5 Å². The van der Waals surface area contributed by atoms with E-state index >= 15 is 0 Å². The summed E-state index contributed by atoms with van der Waals surface area (Å²) in [5.74, 6) is 0.594. The van der Waals surface area contributed by atoms with E-state index in [0.29, 0.717) is 29.8 Å². The van der Waals surface area contributed by atoms with Crippen LogP contribution in [0.1, 0.15) is 44.6 Å². The van der Waals surface area contributed by atoms with Crippen LogP contribution >= 0.6 is 22.9 Å². The fourth-order valence-corrected chi connectivity index (χ4v) is 2.90. The molecule has 0 aromatic carbocycles. The van der Waals surface area contributed by atoms with Crippen molar-refractivity contribution in [3.8, 4) is 0 Å². The molecule has 0 fully saturated rings. The number of nitrogens with zero attached hydrogens (tertiary/aromatic N) is 1. The number of aliphatic hydroxyl groups is 1. The summed E-state index contributed by atoms with van der Waals surface area (Å²) in [6.45, 7) is 7.38. The maximum atomic E-state index is 11.7. The van der Waals surface area contributed by atoms with Crippen LogP contribution in [0.25, 0.3) is 0 Å². The van der Waals surface area contributed by atoms with Gasteiger partial charge in [0.2, 0.25) is 5.91 Å². The van der Waals surface area contributed by atoms with Crippen molar-refractivity contribution in [3.63, 3.8) is 0 Å². The molecule has 136 valence electrons. The van der Waals surface area contributed by atoms with Crippen molar-refractivity contribution < 1.29 is 9.90 Å². The molecule has 0 spiro atoms. The molecule has 24 heavy (non-hydrogen) atoms. The maximum absolute atomic E-state index is 11.7. The highest BCUT2D eigenvalue weighted by atomic mass is 35.5. The number of guanidine groups is 1. The second-order valence-corrected chi connectivity index (χ2v) is 7.18. The fourth-order valence-electron chi connectivity index (χ4n) is 1.86. The fraction of sp³-hybridized carbons (Fsp3) is 0.625. The Morgan fingerprint density at radius 3 is 2.71 bits per heavy atom. The van der Waals surface area contributed by atoms with Crippen LogP contribution in [-0.4, -0.2) is 42.6 Å². The third-order valence-corrected chi connectivity index (χ3v) is 4.69. The Hall–Kier alpha value is -1.31. The van der Waals surface area contributed by atoms with E-state index in [4.69, 9.17) is 11.6 Å². The third kappa shape index (κ3) is 7.99. The lowest BCUT2D eigenvalue weighted by atomic mass is 10.2. The van der Waals surface area contributed by atoms with Crippen molar-refractivity contribution in [3.05, 3.63) is 21.3 Å². The highest BCUT2D eigenvalue weighted by Gasteiger charge is 2.10. The van der Waals surface area contributed by atoms with Crippen LogP contribution in [0.15, 0.2) is 17.1 Å². The number of amides is 1. The molecule has 0 bridgehead atoms. The number of carbonyl (C=O) groups is 1. The van der Waals surface area contributed by atoms with Crippen molar-refractivity contribution in [1.29, 1.82) is 0 Å². The zero-order valence-electron chi connectivity index (χ0n) is 14.4. The van der Waals surface area contributed by atoms with Gasteiger partial charge in [-0.15, -0.1) is 11.3 Å². The Kier molecular flexibility index (Phi) is 9.75. The van der Waals surface area contributed by atoms with Crippen molar-refractivity contribution in [2.75, 3.05) is 19.6 Å². The van der Waals surface area contributed by atoms with Gasteiger partial charge >= 0.3 is 0 Å². The first kappa shape index (κ1) is 20.7. The first-order valence-corrected chi connectivity index (χ1v) is 9.40. The van der Waals surface area contributed by atoms with E-state index in [1.165, 1.54) is 11.3 Å². The van der Waals surface area contributed by atoms with Gasteiger partial charge in [0.15, 0.2) is 5.96 Å². The molecule has 1 aromatic heterocycles. The Balaban J connectivity index is 2.43. The highest BCUT2D eigenvalue weighted by molar-refractivity contribution is 7.16. The van der Waals surface area contributed by atoms with E-state index in [9.17, 15) is 9.90 Å². The lowest BCUT2D eigenvalue weighted by Gasteiger charge is -2.14. The van der Waals surface area contributed by atoms with Gasteiger partial charge in [-0.1, -0.05) is 18.5 Å². The zero-order chi connectivity index (χ0) is 17.9. The van der Waals surface area contributed by atoms with Crippen LogP contribution in [-0.2, 0) is 4.79 Å². The molecule has 4 N–H and O–H groups in total. The lowest BCUT2D eigenvalue weighted by molar-refractivity contribution is -0.121. The van der Waals surface area contributed by atoms with Crippen molar-refractivity contribution in [2.45, 2.75) is 45.8 Å². The highest BCUT2D eigenvalue weighted by Crippen LogP contribution is 2.26. The molecule has 1 aromatic rings. The molecule has 0 saturated heterocycles. The van der Waals surface area contributed by atoms with Crippen LogP contribution in [0.4, 0.5) is 0 Å². The van der Waals surface area contributed by atoms with Crippen molar-refractivity contribution in [2.24, 2.45) is 4.99 Å². The number of nitrogens with one attached hydrogen (secondary N) is 3. The molecule has 6 nitrogen and oxygen atoms in total. The number of halogens is 1. The van der Waals surface area contributed by atoms with E-state index in [1.54, 1.807) is 12.1 Å². The first-order chi connectivity index (χ1) is 11.5. The Morgan fingerprint density at radius 2 is 2.12 bits per heavy atom. The average molecular weight is 375 g/mol. The number of hydrogen-bond acceptors (Lipinski definition) is 4. The molecule has 0 aliphatic rings. The van der Waals surface area contributed by atoms with Crippen LogP contribution in [0.3, 0.4) is 0 Å². The largest absolute Gasteiger partial charge is 0.386 e. The van der Waals surface area contributed by atoms with Crippen LogP contribution in [0.2, 0.25) is 4.34 Å². The Labute approximate surface area is 152 Å². The second kappa shape index (κ2) is 11.3. The summed E-state index contributed by atoms with van der Waals surface area (Å²) in [4.78, 5) is 16.9. The molecular weight excluding hydrogens is 348 g/mol. The smallest absolute Gasteiger partial charge is 0.221 e. The van der Waals surface area contributed by atoms with E-state index < -0.39 is 6.10 Å². The monoisotopic (exact) mass is 374 g/mol. The lowest BCUT2D eigenvalue weighted by Crippen LogP contribution is -2.40. The van der Waals surface area contributed by atoms with Gasteiger partial charge in [0.05, 0.1) is 10.9 Å². The zero-order valence-corrected chi connectivity index (χ0v) is 16.0. The number of carbonyl (C=O) groups excluding carboxylic acids is 1. The van der Waals surface area contributed by atoms with E-state index in [1.807, 2.05) is 20.8 Å². The van der Waals surface area contributed by atoms with E-state index in [0.717, 1.165) is 11.3 Å². The summed E-state index contributed by atoms with van der Waals surface area (Å²) >= 11 is 7.21. The predicted molar refractivity (Wildman–Crippen MR) is 101 cm³/mol. The molecule has 0 aliphatic heterocycles. The molecule has 0 radical (unpaired) electrons. The Morgan fingerprint density at radius 1 is 1.38 bits per heavy atom. The summed E-state index contributed by atoms with van der Waals surface area (Å²) in [6.07, 6.45) is 0.595. The van der Waals surface area contributed by atoms with Gasteiger partial charge in [-0.3, -0.25) is 9.79 Å². The van der Waals surface area contributed by atoms with Gasteiger partial charge in [-0.05, 0) is 32.4 Å². The minimum atomic E-state index is -0.688. The summed E-state index contributed by atoms with van der Waals surface area (Å²) < 4.78 is 0.644. The van der Waals surface area contributed by atoms with Gasteiger partial charge in [0.25, 0.3) is 0 Å². The Bertz CT molecular complexity index is 536. The minimum absolute atomic E-state index is 0.0148. The average Bonchev–Trinajstić information content (AvgIpc) is 2.98. The van der Waals surface area contributed by atoms with E-state index in [2.05, 4.69) is 20.9 Å². The molecule has 1 rings (SSSR count). The molecule has 2 atom stereocenters. The van der Waals surface area contributed by atoms with Gasteiger partial charge < -0.3 is 21.1 Å². The summed E-state index contributed by atoms with van der Waals surface area (Å²) in [5.41, 5.74) is 0. The molecule has 1 amide bonds. The molecule has 1 heterocycles. The summed E-state index contributed by atoms with van der Waals surface area (Å²) in [5, 5.41) is 19.2. The van der Waals surface area contributed by atoms with Crippen LogP contribution in [0.5, 0.6) is 0 Å². The van der Waals surface area contributed by atoms with Crippen LogP contribution < -0.4 is 16.0 Å².